The van der Waals surface area contributed by atoms with Crippen molar-refractivity contribution in [3.63, 3.8) is 0 Å². The van der Waals surface area contributed by atoms with Gasteiger partial charge in [-0.2, -0.15) is 0 Å². The monoisotopic (exact) mass is 517 g/mol. The molecule has 0 aromatic heterocycles. The van der Waals surface area contributed by atoms with Crippen LogP contribution in [-0.4, -0.2) is 42.7 Å². The Kier molecular flexibility index (Phi) is 5.29. The SMILES string of the molecule is CC(C)(C)OC(=O)C[N+]12CCc3cc4c(cc3C1Cc1ccc3c(c1C2)OCO3)OCO4.[Br-]. The molecule has 0 radical (unpaired) electrons. The van der Waals surface area contributed by atoms with Gasteiger partial charge in [-0.15, -0.1) is 0 Å². The number of halogens is 1. The summed E-state index contributed by atoms with van der Waals surface area (Å²) in [5.74, 6) is 3.06. The highest BCUT2D eigenvalue weighted by atomic mass is 79.9. The van der Waals surface area contributed by atoms with Crippen molar-refractivity contribution in [2.75, 3.05) is 26.7 Å². The van der Waals surface area contributed by atoms with E-state index in [9.17, 15) is 4.79 Å². The number of nitrogens with zero attached hydrogens (tertiary/aromatic N) is 1. The maximum Gasteiger partial charge on any atom is 0.362 e. The molecule has 0 amide bonds. The van der Waals surface area contributed by atoms with Crippen LogP contribution in [0.3, 0.4) is 0 Å². The van der Waals surface area contributed by atoms with Gasteiger partial charge in [0.1, 0.15) is 18.2 Å². The fourth-order valence-electron chi connectivity index (χ4n) is 5.65. The van der Waals surface area contributed by atoms with Crippen molar-refractivity contribution in [2.45, 2.75) is 51.8 Å². The third-order valence-electron chi connectivity index (χ3n) is 6.97. The lowest BCUT2D eigenvalue weighted by Gasteiger charge is -2.50. The van der Waals surface area contributed by atoms with Crippen LogP contribution in [-0.2, 0) is 28.9 Å². The third-order valence-corrected chi connectivity index (χ3v) is 6.97. The van der Waals surface area contributed by atoms with Crippen molar-refractivity contribution in [2.24, 2.45) is 0 Å². The predicted octanol–water partition coefficient (Wildman–Crippen LogP) is 0.660. The molecule has 4 aliphatic rings. The zero-order valence-corrected chi connectivity index (χ0v) is 20.7. The number of rotatable bonds is 2. The molecule has 6 rings (SSSR count). The average Bonchev–Trinajstić information content (AvgIpc) is 3.38. The lowest BCUT2D eigenvalue weighted by molar-refractivity contribution is -0.967. The van der Waals surface area contributed by atoms with E-state index in [0.29, 0.717) is 17.6 Å². The van der Waals surface area contributed by atoms with Crippen LogP contribution < -0.4 is 35.9 Å². The normalized spacial score (nSPS) is 23.7. The van der Waals surface area contributed by atoms with Crippen LogP contribution in [0.1, 0.15) is 49.1 Å². The van der Waals surface area contributed by atoms with Crippen molar-refractivity contribution in [3.8, 4) is 23.0 Å². The highest BCUT2D eigenvalue weighted by Crippen LogP contribution is 2.51. The number of fused-ring (bicyclic) bond motifs is 7. The average molecular weight is 518 g/mol. The standard InChI is InChI=1S/C25H28NO6.BrH/c1-25(2,3)32-23(27)12-26-7-6-16-9-21-22(30-13-29-21)10-17(16)19(26)8-15-4-5-20-24(18(15)11-26)31-14-28-20;/h4-5,9-10,19H,6-8,11-14H2,1-3H3;1H/q+1;/p-1. The van der Waals surface area contributed by atoms with E-state index >= 15 is 0 Å². The summed E-state index contributed by atoms with van der Waals surface area (Å²) < 4.78 is 29.2. The maximum atomic E-state index is 13.1. The smallest absolute Gasteiger partial charge is 0.362 e. The van der Waals surface area contributed by atoms with Crippen LogP contribution in [0, 0.1) is 0 Å². The Hall–Kier alpha value is -2.45. The van der Waals surface area contributed by atoms with E-state index in [1.807, 2.05) is 26.8 Å². The van der Waals surface area contributed by atoms with E-state index < -0.39 is 5.60 Å². The Balaban J connectivity index is 0.00000228. The second kappa shape index (κ2) is 7.81. The Bertz CT molecular complexity index is 1130. The summed E-state index contributed by atoms with van der Waals surface area (Å²) in [6.07, 6.45) is 1.69. The van der Waals surface area contributed by atoms with E-state index in [0.717, 1.165) is 47.9 Å². The quantitative estimate of drug-likeness (QED) is 0.430. The zero-order valence-electron chi connectivity index (χ0n) is 19.1. The zero-order chi connectivity index (χ0) is 22.1. The van der Waals surface area contributed by atoms with Crippen molar-refractivity contribution in [1.82, 2.24) is 0 Å². The molecule has 176 valence electrons. The van der Waals surface area contributed by atoms with E-state index in [4.69, 9.17) is 23.7 Å². The maximum absolute atomic E-state index is 13.1. The number of quaternary nitrogens is 1. The summed E-state index contributed by atoms with van der Waals surface area (Å²) >= 11 is 0. The molecule has 2 aromatic carbocycles. The van der Waals surface area contributed by atoms with Crippen LogP contribution in [0.2, 0.25) is 0 Å². The number of esters is 1. The lowest BCUT2D eigenvalue weighted by atomic mass is 9.81. The molecule has 0 bridgehead atoms. The van der Waals surface area contributed by atoms with E-state index in [-0.39, 0.29) is 42.6 Å². The summed E-state index contributed by atoms with van der Waals surface area (Å²) in [5, 5.41) is 0. The first-order valence-corrected chi connectivity index (χ1v) is 11.2. The second-order valence-corrected chi connectivity index (χ2v) is 10.2. The first-order chi connectivity index (χ1) is 15.3. The minimum atomic E-state index is -0.517. The summed E-state index contributed by atoms with van der Waals surface area (Å²) in [4.78, 5) is 13.1. The van der Waals surface area contributed by atoms with Crippen LogP contribution in [0.5, 0.6) is 23.0 Å². The van der Waals surface area contributed by atoms with Crippen LogP contribution >= 0.6 is 0 Å². The number of hydrogen-bond donors (Lipinski definition) is 0. The number of carbonyl (C=O) groups is 1. The molecule has 33 heavy (non-hydrogen) atoms. The largest absolute Gasteiger partial charge is 1.00 e. The number of benzene rings is 2. The van der Waals surface area contributed by atoms with Gasteiger partial charge in [0.25, 0.3) is 0 Å². The Morgan fingerprint density at radius 1 is 1.03 bits per heavy atom. The van der Waals surface area contributed by atoms with E-state index in [1.54, 1.807) is 0 Å². The van der Waals surface area contributed by atoms with Gasteiger partial charge in [-0.25, -0.2) is 4.79 Å². The molecule has 2 aromatic rings. The van der Waals surface area contributed by atoms with Gasteiger partial charge < -0.3 is 45.1 Å². The van der Waals surface area contributed by atoms with Crippen molar-refractivity contribution in [3.05, 3.63) is 46.5 Å². The highest BCUT2D eigenvalue weighted by Gasteiger charge is 2.49. The Morgan fingerprint density at radius 2 is 1.76 bits per heavy atom. The minimum Gasteiger partial charge on any atom is -1.00 e. The molecule has 8 heteroatoms. The van der Waals surface area contributed by atoms with Gasteiger partial charge in [0.05, 0.1) is 12.1 Å². The third kappa shape index (κ3) is 3.73. The number of hydrogen-bond acceptors (Lipinski definition) is 6. The second-order valence-electron chi connectivity index (χ2n) is 10.2. The van der Waals surface area contributed by atoms with Gasteiger partial charge in [-0.1, -0.05) is 6.07 Å². The van der Waals surface area contributed by atoms with E-state index in [1.165, 1.54) is 16.7 Å². The molecular formula is C25H28BrNO6. The fourth-order valence-corrected chi connectivity index (χ4v) is 5.65. The van der Waals surface area contributed by atoms with Crippen LogP contribution in [0.4, 0.5) is 0 Å². The summed E-state index contributed by atoms with van der Waals surface area (Å²) in [6, 6.07) is 8.52. The highest BCUT2D eigenvalue weighted by molar-refractivity contribution is 5.71. The Labute approximate surface area is 203 Å². The molecule has 4 heterocycles. The number of carbonyl (C=O) groups excluding carboxylic acids is 1. The van der Waals surface area contributed by atoms with Crippen LogP contribution in [0.25, 0.3) is 0 Å². The van der Waals surface area contributed by atoms with Crippen LogP contribution in [0.15, 0.2) is 24.3 Å². The van der Waals surface area contributed by atoms with Crippen molar-refractivity contribution < 1.29 is 49.9 Å². The lowest BCUT2D eigenvalue weighted by Crippen LogP contribution is -3.00. The molecule has 2 unspecified atom stereocenters. The fraction of sp³-hybridized carbons (Fsp3) is 0.480. The molecular weight excluding hydrogens is 490 g/mol. The molecule has 2 atom stereocenters. The molecule has 4 aliphatic heterocycles. The van der Waals surface area contributed by atoms with Gasteiger partial charge >= 0.3 is 5.97 Å². The van der Waals surface area contributed by atoms with Gasteiger partial charge in [0, 0.05) is 18.4 Å². The molecule has 0 saturated heterocycles. The molecule has 0 spiro atoms. The minimum absolute atomic E-state index is 0. The molecule has 0 fully saturated rings. The summed E-state index contributed by atoms with van der Waals surface area (Å²) in [6.45, 7) is 8.12. The first kappa shape index (κ1) is 22.3. The van der Waals surface area contributed by atoms with Crippen molar-refractivity contribution in [1.29, 1.82) is 0 Å². The summed E-state index contributed by atoms with van der Waals surface area (Å²) in [7, 11) is 0. The van der Waals surface area contributed by atoms with Gasteiger partial charge in [0.2, 0.25) is 13.6 Å². The predicted molar refractivity (Wildman–Crippen MR) is 115 cm³/mol. The van der Waals surface area contributed by atoms with Crippen molar-refractivity contribution >= 4 is 5.97 Å². The molecule has 0 aliphatic carbocycles. The van der Waals surface area contributed by atoms with Gasteiger partial charge in [0.15, 0.2) is 29.5 Å². The van der Waals surface area contributed by atoms with Gasteiger partial charge in [-0.05, 0) is 50.1 Å². The number of ether oxygens (including phenoxy) is 5. The first-order valence-electron chi connectivity index (χ1n) is 11.2. The molecule has 7 nitrogen and oxygen atoms in total. The summed E-state index contributed by atoms with van der Waals surface area (Å²) in [5.41, 5.74) is 4.41. The van der Waals surface area contributed by atoms with Gasteiger partial charge in [-0.3, -0.25) is 0 Å². The molecule has 0 saturated carbocycles. The van der Waals surface area contributed by atoms with E-state index in [2.05, 4.69) is 18.2 Å². The Morgan fingerprint density at radius 3 is 2.55 bits per heavy atom. The topological polar surface area (TPSA) is 63.2 Å². The molecule has 0 N–H and O–H groups in total.